The number of carbonyl (C=O) groups is 2. The highest BCUT2D eigenvalue weighted by Gasteiger charge is 2.18. The molecular weight excluding hydrogens is 450 g/mol. The molecule has 0 fully saturated rings. The Morgan fingerprint density at radius 3 is 2.48 bits per heavy atom. The summed E-state index contributed by atoms with van der Waals surface area (Å²) in [6, 6.07) is 18.7. The van der Waals surface area contributed by atoms with Crippen LogP contribution in [0.25, 0.3) is 0 Å². The standard InChI is InChI=1S/C23H18ClN3O2S2/c1-14-11-19(26-21(28)17-9-5-6-10-18(17)24)31-20(14)22(29)27-23-25-13-16(30-23)12-15-7-3-2-4-8-15/h2-11,13H,12H2,1H3,(H,26,28)(H,25,27,29). The highest BCUT2D eigenvalue weighted by molar-refractivity contribution is 7.18. The van der Waals surface area contributed by atoms with Crippen LogP contribution in [0.3, 0.4) is 0 Å². The third kappa shape index (κ3) is 5.19. The van der Waals surface area contributed by atoms with Gasteiger partial charge in [-0.1, -0.05) is 54.1 Å². The number of halogens is 1. The summed E-state index contributed by atoms with van der Waals surface area (Å²) in [5.74, 6) is -0.564. The summed E-state index contributed by atoms with van der Waals surface area (Å²) in [7, 11) is 0. The number of thiazole rings is 1. The van der Waals surface area contributed by atoms with E-state index in [0.717, 1.165) is 16.9 Å². The van der Waals surface area contributed by atoms with Crippen LogP contribution in [-0.2, 0) is 6.42 Å². The van der Waals surface area contributed by atoms with Crippen LogP contribution in [-0.4, -0.2) is 16.8 Å². The molecule has 2 aromatic heterocycles. The van der Waals surface area contributed by atoms with Crippen molar-refractivity contribution >= 4 is 56.2 Å². The lowest BCUT2D eigenvalue weighted by Crippen LogP contribution is -2.11. The van der Waals surface area contributed by atoms with Gasteiger partial charge in [-0.3, -0.25) is 14.9 Å². The topological polar surface area (TPSA) is 71.1 Å². The van der Waals surface area contributed by atoms with Crippen LogP contribution < -0.4 is 10.6 Å². The molecule has 5 nitrogen and oxygen atoms in total. The molecular formula is C23H18ClN3O2S2. The number of carbonyl (C=O) groups excluding carboxylic acids is 2. The van der Waals surface area contributed by atoms with Crippen molar-refractivity contribution in [2.45, 2.75) is 13.3 Å². The maximum atomic E-state index is 12.8. The van der Waals surface area contributed by atoms with Crippen LogP contribution >= 0.6 is 34.3 Å². The zero-order chi connectivity index (χ0) is 21.8. The number of hydrogen-bond acceptors (Lipinski definition) is 5. The largest absolute Gasteiger partial charge is 0.313 e. The maximum Gasteiger partial charge on any atom is 0.267 e. The van der Waals surface area contributed by atoms with Gasteiger partial charge in [0.15, 0.2) is 5.13 Å². The van der Waals surface area contributed by atoms with Gasteiger partial charge in [-0.15, -0.1) is 22.7 Å². The molecule has 8 heteroatoms. The molecule has 0 aliphatic rings. The number of aryl methyl sites for hydroxylation is 1. The molecule has 2 heterocycles. The average molecular weight is 468 g/mol. The van der Waals surface area contributed by atoms with Crippen molar-refractivity contribution in [3.8, 4) is 0 Å². The first-order valence-electron chi connectivity index (χ1n) is 9.46. The van der Waals surface area contributed by atoms with Gasteiger partial charge in [0.1, 0.15) is 0 Å². The molecule has 0 aliphatic carbocycles. The first-order chi connectivity index (χ1) is 15.0. The van der Waals surface area contributed by atoms with E-state index in [9.17, 15) is 9.59 Å². The van der Waals surface area contributed by atoms with Crippen LogP contribution in [0, 0.1) is 6.92 Å². The Bertz CT molecular complexity index is 1230. The number of rotatable bonds is 6. The minimum Gasteiger partial charge on any atom is -0.313 e. The molecule has 0 bridgehead atoms. The van der Waals surface area contributed by atoms with Gasteiger partial charge in [0.05, 0.1) is 20.5 Å². The number of anilines is 2. The molecule has 0 spiro atoms. The summed E-state index contributed by atoms with van der Waals surface area (Å²) in [5.41, 5.74) is 2.35. The number of nitrogens with one attached hydrogen (secondary N) is 2. The van der Waals surface area contributed by atoms with Gasteiger partial charge in [-0.25, -0.2) is 4.98 Å². The number of thiophene rings is 1. The zero-order valence-electron chi connectivity index (χ0n) is 16.5. The maximum absolute atomic E-state index is 12.8. The van der Waals surface area contributed by atoms with Crippen molar-refractivity contribution in [3.63, 3.8) is 0 Å². The zero-order valence-corrected chi connectivity index (χ0v) is 18.9. The minimum absolute atomic E-state index is 0.249. The second-order valence-electron chi connectivity index (χ2n) is 6.80. The molecule has 0 unspecified atom stereocenters. The van der Waals surface area contributed by atoms with Gasteiger partial charge in [0.25, 0.3) is 11.8 Å². The summed E-state index contributed by atoms with van der Waals surface area (Å²) in [6.07, 6.45) is 2.55. The second-order valence-corrected chi connectivity index (χ2v) is 9.38. The van der Waals surface area contributed by atoms with Crippen LogP contribution in [0.2, 0.25) is 5.02 Å². The fourth-order valence-electron chi connectivity index (χ4n) is 2.99. The summed E-state index contributed by atoms with van der Waals surface area (Å²) in [6.45, 7) is 1.83. The van der Waals surface area contributed by atoms with Crippen LogP contribution in [0.1, 0.15) is 36.0 Å². The predicted molar refractivity (Wildman–Crippen MR) is 128 cm³/mol. The fourth-order valence-corrected chi connectivity index (χ4v) is 5.02. The minimum atomic E-state index is -0.315. The van der Waals surface area contributed by atoms with Gasteiger partial charge >= 0.3 is 0 Å². The fraction of sp³-hybridized carbons (Fsp3) is 0.0870. The van der Waals surface area contributed by atoms with Crippen LogP contribution in [0.15, 0.2) is 66.9 Å². The first kappa shape index (κ1) is 21.2. The van der Waals surface area contributed by atoms with E-state index in [4.69, 9.17) is 11.6 Å². The van der Waals surface area contributed by atoms with Gasteiger partial charge in [0.2, 0.25) is 0 Å². The molecule has 2 amide bonds. The number of hydrogen-bond donors (Lipinski definition) is 2. The molecule has 156 valence electrons. The molecule has 0 saturated heterocycles. The van der Waals surface area contributed by atoms with Crippen molar-refractivity contribution in [1.82, 2.24) is 4.98 Å². The molecule has 2 N–H and O–H groups in total. The second kappa shape index (κ2) is 9.43. The van der Waals surface area contributed by atoms with Crippen LogP contribution in [0.4, 0.5) is 10.1 Å². The van der Waals surface area contributed by atoms with Gasteiger partial charge in [-0.2, -0.15) is 0 Å². The monoisotopic (exact) mass is 467 g/mol. The summed E-state index contributed by atoms with van der Waals surface area (Å²) >= 11 is 8.75. The van der Waals surface area contributed by atoms with Crippen molar-refractivity contribution in [1.29, 1.82) is 0 Å². The van der Waals surface area contributed by atoms with Gasteiger partial charge in [-0.05, 0) is 36.2 Å². The number of benzene rings is 2. The summed E-state index contributed by atoms with van der Waals surface area (Å²) < 4.78 is 0. The van der Waals surface area contributed by atoms with Crippen molar-refractivity contribution in [2.75, 3.05) is 10.6 Å². The Kier molecular flexibility index (Phi) is 6.46. The molecule has 0 radical (unpaired) electrons. The molecule has 31 heavy (non-hydrogen) atoms. The molecule has 0 aliphatic heterocycles. The quantitative estimate of drug-likeness (QED) is 0.351. The van der Waals surface area contributed by atoms with E-state index >= 15 is 0 Å². The Hall–Kier alpha value is -3.00. The Morgan fingerprint density at radius 1 is 0.968 bits per heavy atom. The number of aromatic nitrogens is 1. The van der Waals surface area contributed by atoms with Crippen molar-refractivity contribution in [2.24, 2.45) is 0 Å². The van der Waals surface area contributed by atoms with Gasteiger partial charge < -0.3 is 5.32 Å². The molecule has 0 saturated carbocycles. The third-order valence-corrected chi connectivity index (χ3v) is 6.87. The molecule has 0 atom stereocenters. The van der Waals surface area contributed by atoms with E-state index in [-0.39, 0.29) is 11.8 Å². The first-order valence-corrected chi connectivity index (χ1v) is 11.5. The lowest BCUT2D eigenvalue weighted by molar-refractivity contribution is 0.102. The smallest absolute Gasteiger partial charge is 0.267 e. The molecule has 4 rings (SSSR count). The molecule has 2 aromatic carbocycles. The predicted octanol–water partition coefficient (Wildman–Crippen LogP) is 6.26. The SMILES string of the molecule is Cc1cc(NC(=O)c2ccccc2Cl)sc1C(=O)Nc1ncc(Cc2ccccc2)s1. The van der Waals surface area contributed by atoms with Crippen LogP contribution in [0.5, 0.6) is 0 Å². The third-order valence-electron chi connectivity index (χ3n) is 4.47. The average Bonchev–Trinajstić information content (AvgIpc) is 3.34. The summed E-state index contributed by atoms with van der Waals surface area (Å²) in [5, 5.41) is 7.17. The van der Waals surface area contributed by atoms with E-state index in [1.54, 1.807) is 36.5 Å². The number of nitrogens with zero attached hydrogens (tertiary/aromatic N) is 1. The van der Waals surface area contributed by atoms with E-state index in [2.05, 4.69) is 27.8 Å². The van der Waals surface area contributed by atoms with Gasteiger partial charge in [0, 0.05) is 17.5 Å². The Labute approximate surface area is 192 Å². The van der Waals surface area contributed by atoms with E-state index in [1.165, 1.54) is 28.2 Å². The summed E-state index contributed by atoms with van der Waals surface area (Å²) in [4.78, 5) is 31.1. The lowest BCUT2D eigenvalue weighted by atomic mass is 10.1. The molecule has 4 aromatic rings. The number of amides is 2. The lowest BCUT2D eigenvalue weighted by Gasteiger charge is -2.04. The van der Waals surface area contributed by atoms with Crippen molar-refractivity contribution in [3.05, 3.63) is 98.3 Å². The van der Waals surface area contributed by atoms with E-state index < -0.39 is 0 Å². The van der Waals surface area contributed by atoms with Crippen molar-refractivity contribution < 1.29 is 9.59 Å². The van der Waals surface area contributed by atoms with E-state index in [0.29, 0.717) is 25.6 Å². The normalized spacial score (nSPS) is 10.6. The Balaban J connectivity index is 1.42. The highest BCUT2D eigenvalue weighted by Crippen LogP contribution is 2.29. The Morgan fingerprint density at radius 2 is 1.71 bits per heavy atom. The highest BCUT2D eigenvalue weighted by atomic mass is 35.5. The van der Waals surface area contributed by atoms with E-state index in [1.807, 2.05) is 25.1 Å².